The van der Waals surface area contributed by atoms with Crippen LogP contribution < -0.4 is 0 Å². The summed E-state index contributed by atoms with van der Waals surface area (Å²) >= 11 is 3.42. The zero-order valence-electron chi connectivity index (χ0n) is 17.3. The van der Waals surface area contributed by atoms with Crippen LogP contribution in [0.2, 0.25) is 0 Å². The molecule has 3 heterocycles. The summed E-state index contributed by atoms with van der Waals surface area (Å²) in [5.74, 6) is -0.442. The summed E-state index contributed by atoms with van der Waals surface area (Å²) < 4.78 is 6.22. The largest absolute Gasteiger partial charge is 0.456 e. The van der Waals surface area contributed by atoms with E-state index in [1.165, 1.54) is 0 Å². The van der Waals surface area contributed by atoms with E-state index in [0.717, 1.165) is 15.4 Å². The minimum Gasteiger partial charge on any atom is -0.456 e. The summed E-state index contributed by atoms with van der Waals surface area (Å²) in [7, 11) is 0. The van der Waals surface area contributed by atoms with Gasteiger partial charge < -0.3 is 9.72 Å². The Morgan fingerprint density at radius 2 is 1.76 bits per heavy atom. The van der Waals surface area contributed by atoms with Crippen molar-refractivity contribution in [3.05, 3.63) is 100 Å². The molecule has 0 saturated carbocycles. The molecule has 0 bridgehead atoms. The quantitative estimate of drug-likeness (QED) is 0.258. The predicted octanol–water partition coefficient (Wildman–Crippen LogP) is 5.05. The van der Waals surface area contributed by atoms with Gasteiger partial charge in [-0.25, -0.2) is 9.78 Å². The van der Waals surface area contributed by atoms with E-state index >= 15 is 0 Å². The Kier molecular flexibility index (Phi) is 5.66. The van der Waals surface area contributed by atoms with Crippen LogP contribution in [0.4, 0.5) is 0 Å². The summed E-state index contributed by atoms with van der Waals surface area (Å²) in [5, 5.41) is 0.847. The molecule has 0 atom stereocenters. The van der Waals surface area contributed by atoms with Crippen molar-refractivity contribution in [1.82, 2.24) is 19.9 Å². The third-order valence-corrected chi connectivity index (χ3v) is 5.88. The van der Waals surface area contributed by atoms with E-state index in [0.29, 0.717) is 33.5 Å². The third kappa shape index (κ3) is 4.51. The van der Waals surface area contributed by atoms with E-state index < -0.39 is 5.97 Å². The van der Waals surface area contributed by atoms with Gasteiger partial charge in [-0.05, 0) is 42.0 Å². The fourth-order valence-electron chi connectivity index (χ4n) is 3.58. The Labute approximate surface area is 197 Å². The molecule has 5 rings (SSSR count). The highest BCUT2D eigenvalue weighted by Gasteiger charge is 2.13. The number of hydrogen-bond donors (Lipinski definition) is 1. The number of Topliss-reactive ketones (excluding diaryl/α,β-unsaturated/α-hetero) is 1. The first-order valence-electron chi connectivity index (χ1n) is 10.2. The first-order valence-corrected chi connectivity index (χ1v) is 11.0. The smallest absolute Gasteiger partial charge is 0.338 e. The van der Waals surface area contributed by atoms with E-state index in [2.05, 4.69) is 35.9 Å². The lowest BCUT2D eigenvalue weighted by atomic mass is 10.0. The lowest BCUT2D eigenvalue weighted by molar-refractivity contribution is 0.0468. The second kappa shape index (κ2) is 8.91. The van der Waals surface area contributed by atoms with Gasteiger partial charge in [-0.2, -0.15) is 0 Å². The highest BCUT2D eigenvalue weighted by atomic mass is 79.9. The number of pyridine rings is 1. The average molecular weight is 501 g/mol. The molecule has 1 N–H and O–H groups in total. The van der Waals surface area contributed by atoms with Gasteiger partial charge in [0, 0.05) is 40.4 Å². The third-order valence-electron chi connectivity index (χ3n) is 5.19. The summed E-state index contributed by atoms with van der Waals surface area (Å²) in [5.41, 5.74) is 4.57. The number of rotatable bonds is 6. The number of ketones is 1. The van der Waals surface area contributed by atoms with Gasteiger partial charge in [-0.3, -0.25) is 14.8 Å². The van der Waals surface area contributed by atoms with Crippen LogP contribution in [-0.4, -0.2) is 31.7 Å². The number of aromatic amines is 1. The molecule has 0 amide bonds. The first kappa shape index (κ1) is 21.0. The number of H-pyrrole nitrogens is 1. The van der Waals surface area contributed by atoms with Crippen molar-refractivity contribution >= 4 is 49.7 Å². The number of hydrogen-bond acceptors (Lipinski definition) is 6. The molecule has 0 spiro atoms. The van der Waals surface area contributed by atoms with Crippen LogP contribution in [0.15, 0.2) is 77.7 Å². The van der Waals surface area contributed by atoms with Crippen molar-refractivity contribution in [1.29, 1.82) is 0 Å². The Bertz CT molecular complexity index is 1510. The highest BCUT2D eigenvalue weighted by Crippen LogP contribution is 2.21. The van der Waals surface area contributed by atoms with Crippen LogP contribution in [0.25, 0.3) is 22.1 Å². The summed E-state index contributed by atoms with van der Waals surface area (Å²) in [4.78, 5) is 41.1. The van der Waals surface area contributed by atoms with Gasteiger partial charge in [0.15, 0.2) is 5.78 Å². The van der Waals surface area contributed by atoms with Crippen LogP contribution in [0.3, 0.4) is 0 Å². The molecule has 0 saturated heterocycles. The molecule has 8 heteroatoms. The molecule has 7 nitrogen and oxygen atoms in total. The van der Waals surface area contributed by atoms with Crippen molar-refractivity contribution in [2.24, 2.45) is 0 Å². The molecule has 0 aliphatic rings. The number of carbonyl (C=O) groups excluding carboxylic acids is 2. The molecule has 0 aliphatic heterocycles. The normalized spacial score (nSPS) is 11.1. The molecule has 162 valence electrons. The fourth-order valence-corrected chi connectivity index (χ4v) is 4.08. The van der Waals surface area contributed by atoms with Crippen molar-refractivity contribution in [2.75, 3.05) is 0 Å². The zero-order chi connectivity index (χ0) is 22.8. The topological polar surface area (TPSA) is 97.8 Å². The SMILES string of the molecule is O=C(OCc1cc2cc(CC(=O)c3ccccc3Br)cnc2[nH]1)c1ccc2nccnc2c1. The monoisotopic (exact) mass is 500 g/mol. The van der Waals surface area contributed by atoms with E-state index in [-0.39, 0.29) is 18.8 Å². The van der Waals surface area contributed by atoms with E-state index in [1.54, 1.807) is 42.9 Å². The minimum atomic E-state index is -0.450. The average Bonchev–Trinajstić information content (AvgIpc) is 3.24. The van der Waals surface area contributed by atoms with E-state index in [9.17, 15) is 9.59 Å². The van der Waals surface area contributed by atoms with Crippen molar-refractivity contribution in [2.45, 2.75) is 13.0 Å². The number of benzene rings is 2. The molecule has 3 aromatic heterocycles. The Morgan fingerprint density at radius 3 is 2.61 bits per heavy atom. The van der Waals surface area contributed by atoms with Crippen LogP contribution in [0.1, 0.15) is 32.0 Å². The number of fused-ring (bicyclic) bond motifs is 2. The molecule has 5 aromatic rings. The predicted molar refractivity (Wildman–Crippen MR) is 127 cm³/mol. The first-order chi connectivity index (χ1) is 16.1. The Balaban J connectivity index is 1.28. The lowest BCUT2D eigenvalue weighted by Crippen LogP contribution is -2.05. The Hall–Kier alpha value is -3.91. The van der Waals surface area contributed by atoms with Gasteiger partial charge in [0.1, 0.15) is 12.3 Å². The van der Waals surface area contributed by atoms with Crippen LogP contribution >= 0.6 is 15.9 Å². The van der Waals surface area contributed by atoms with Gasteiger partial charge in [-0.15, -0.1) is 0 Å². The minimum absolute atomic E-state index is 0.00777. The zero-order valence-corrected chi connectivity index (χ0v) is 18.9. The standard InChI is InChI=1S/C25H17BrN4O3/c26-20-4-2-1-3-19(20)23(31)10-15-9-17-11-18(30-24(17)29-13-15)14-33-25(32)16-5-6-21-22(12-16)28-8-7-27-21/h1-9,11-13H,10,14H2,(H,29,30). The summed E-state index contributed by atoms with van der Waals surface area (Å²) in [6, 6.07) is 16.2. The number of aromatic nitrogens is 4. The molecule has 33 heavy (non-hydrogen) atoms. The highest BCUT2D eigenvalue weighted by molar-refractivity contribution is 9.10. The maximum Gasteiger partial charge on any atom is 0.338 e. The molecule has 2 aromatic carbocycles. The van der Waals surface area contributed by atoms with Gasteiger partial charge in [0.25, 0.3) is 0 Å². The molecule has 0 fully saturated rings. The van der Waals surface area contributed by atoms with Crippen molar-refractivity contribution in [3.63, 3.8) is 0 Å². The maximum atomic E-state index is 12.6. The van der Waals surface area contributed by atoms with Gasteiger partial charge in [-0.1, -0.05) is 34.1 Å². The summed E-state index contributed by atoms with van der Waals surface area (Å²) in [6.07, 6.45) is 5.10. The molecule has 0 radical (unpaired) electrons. The Morgan fingerprint density at radius 1 is 0.939 bits per heavy atom. The van der Waals surface area contributed by atoms with E-state index in [1.807, 2.05) is 30.3 Å². The number of nitrogens with zero attached hydrogens (tertiary/aromatic N) is 3. The van der Waals surface area contributed by atoms with Crippen LogP contribution in [-0.2, 0) is 17.8 Å². The van der Waals surface area contributed by atoms with Gasteiger partial charge in [0.05, 0.1) is 22.3 Å². The second-order valence-electron chi connectivity index (χ2n) is 7.49. The molecular formula is C25H17BrN4O3. The van der Waals surface area contributed by atoms with Crippen LogP contribution in [0, 0.1) is 0 Å². The maximum absolute atomic E-state index is 12.6. The lowest BCUT2D eigenvalue weighted by Gasteiger charge is -2.04. The van der Waals surface area contributed by atoms with Crippen molar-refractivity contribution < 1.29 is 14.3 Å². The molecular weight excluding hydrogens is 484 g/mol. The van der Waals surface area contributed by atoms with Gasteiger partial charge in [0.2, 0.25) is 0 Å². The summed E-state index contributed by atoms with van der Waals surface area (Å²) in [6.45, 7) is 0.0684. The molecule has 0 unspecified atom stereocenters. The number of carbonyl (C=O) groups is 2. The number of nitrogens with one attached hydrogen (secondary N) is 1. The van der Waals surface area contributed by atoms with Crippen LogP contribution in [0.5, 0.6) is 0 Å². The van der Waals surface area contributed by atoms with Crippen molar-refractivity contribution in [3.8, 4) is 0 Å². The molecule has 0 aliphatic carbocycles. The fraction of sp³-hybridized carbons (Fsp3) is 0.0800. The number of esters is 1. The van der Waals surface area contributed by atoms with Gasteiger partial charge >= 0.3 is 5.97 Å². The number of ether oxygens (including phenoxy) is 1. The number of halogens is 1. The van der Waals surface area contributed by atoms with E-state index in [4.69, 9.17) is 4.74 Å². The second-order valence-corrected chi connectivity index (χ2v) is 8.35.